The number of aryl methyl sites for hydroxylation is 1. The molecule has 0 spiro atoms. The van der Waals surface area contributed by atoms with Crippen LogP contribution in [0.3, 0.4) is 0 Å². The molecular weight excluding hydrogens is 258 g/mol. The van der Waals surface area contributed by atoms with Gasteiger partial charge in [0.15, 0.2) is 0 Å². The number of hydrogen-bond acceptors (Lipinski definition) is 2. The van der Waals surface area contributed by atoms with Gasteiger partial charge < -0.3 is 10.5 Å². The van der Waals surface area contributed by atoms with Crippen molar-refractivity contribution in [2.75, 3.05) is 7.11 Å². The Balaban J connectivity index is 2.23. The summed E-state index contributed by atoms with van der Waals surface area (Å²) in [7, 11) is 1.68. The van der Waals surface area contributed by atoms with Gasteiger partial charge in [-0.2, -0.15) is 0 Å². The zero-order valence-corrected chi connectivity index (χ0v) is 12.4. The van der Waals surface area contributed by atoms with E-state index in [1.807, 2.05) is 6.07 Å². The molecule has 0 aliphatic carbocycles. The van der Waals surface area contributed by atoms with Crippen LogP contribution in [0, 0.1) is 6.92 Å². The zero-order chi connectivity index (χ0) is 14.8. The average Bonchev–Trinajstić information content (AvgIpc) is 2.55. The first-order valence-corrected chi connectivity index (χ1v) is 7.10. The highest BCUT2D eigenvalue weighted by Crippen LogP contribution is 2.33. The van der Waals surface area contributed by atoms with E-state index in [1.54, 1.807) is 7.11 Å². The van der Waals surface area contributed by atoms with Crippen molar-refractivity contribution in [1.29, 1.82) is 0 Å². The van der Waals surface area contributed by atoms with Gasteiger partial charge in [0.1, 0.15) is 5.75 Å². The highest BCUT2D eigenvalue weighted by atomic mass is 16.5. The Labute approximate surface area is 125 Å². The minimum absolute atomic E-state index is 0.473. The summed E-state index contributed by atoms with van der Waals surface area (Å²) in [4.78, 5) is 0. The van der Waals surface area contributed by atoms with Crippen molar-refractivity contribution in [3.63, 3.8) is 0 Å². The second-order valence-corrected chi connectivity index (χ2v) is 5.21. The second-order valence-electron chi connectivity index (χ2n) is 5.21. The third-order valence-electron chi connectivity index (χ3n) is 3.95. The first kappa shape index (κ1) is 13.7. The summed E-state index contributed by atoms with van der Waals surface area (Å²) in [5, 5.41) is 2.56. The Morgan fingerprint density at radius 3 is 2.43 bits per heavy atom. The molecule has 0 saturated carbocycles. The molecule has 3 aromatic rings. The Kier molecular flexibility index (Phi) is 3.63. The topological polar surface area (TPSA) is 35.2 Å². The summed E-state index contributed by atoms with van der Waals surface area (Å²) in [5.74, 6) is 0.845. The van der Waals surface area contributed by atoms with Crippen molar-refractivity contribution in [1.82, 2.24) is 0 Å². The maximum Gasteiger partial charge on any atom is 0.123 e. The van der Waals surface area contributed by atoms with E-state index in [9.17, 15) is 0 Å². The van der Waals surface area contributed by atoms with E-state index in [0.717, 1.165) is 11.3 Å². The smallest absolute Gasteiger partial charge is 0.123 e. The highest BCUT2D eigenvalue weighted by Gasteiger charge is 2.08. The Morgan fingerprint density at radius 1 is 0.952 bits per heavy atom. The minimum atomic E-state index is 0.473. The molecule has 3 rings (SSSR count). The van der Waals surface area contributed by atoms with Gasteiger partial charge in [-0.3, -0.25) is 0 Å². The maximum absolute atomic E-state index is 5.83. The molecule has 2 heteroatoms. The SMILES string of the molecule is COc1ccc(-c2ccc(C)c3ccccc23)cc1CN. The standard InChI is InChI=1S/C19H19NO/c1-13-7-9-17(18-6-4-3-5-16(13)18)14-8-10-19(21-2)15(11-14)12-20/h3-11H,12,20H2,1-2H3. The Hall–Kier alpha value is -2.32. The lowest BCUT2D eigenvalue weighted by atomic mass is 9.94. The number of rotatable bonds is 3. The molecule has 2 nitrogen and oxygen atoms in total. The van der Waals surface area contributed by atoms with Gasteiger partial charge in [0.25, 0.3) is 0 Å². The van der Waals surface area contributed by atoms with E-state index in [1.165, 1.54) is 27.5 Å². The van der Waals surface area contributed by atoms with Crippen molar-refractivity contribution < 1.29 is 4.74 Å². The molecule has 0 saturated heterocycles. The number of nitrogens with two attached hydrogens (primary N) is 1. The van der Waals surface area contributed by atoms with E-state index in [4.69, 9.17) is 10.5 Å². The van der Waals surface area contributed by atoms with Crippen LogP contribution in [0.2, 0.25) is 0 Å². The molecule has 3 aromatic carbocycles. The minimum Gasteiger partial charge on any atom is -0.496 e. The van der Waals surface area contributed by atoms with Crippen LogP contribution in [0.25, 0.3) is 21.9 Å². The summed E-state index contributed by atoms with van der Waals surface area (Å²) < 4.78 is 5.35. The van der Waals surface area contributed by atoms with E-state index in [2.05, 4.69) is 55.5 Å². The first-order chi connectivity index (χ1) is 10.2. The van der Waals surface area contributed by atoms with E-state index < -0.39 is 0 Å². The lowest BCUT2D eigenvalue weighted by molar-refractivity contribution is 0.410. The summed E-state index contributed by atoms with van der Waals surface area (Å²) in [5.41, 5.74) is 10.6. The molecule has 0 aromatic heterocycles. The van der Waals surface area contributed by atoms with Crippen molar-refractivity contribution in [3.05, 3.63) is 65.7 Å². The molecule has 0 fully saturated rings. The number of fused-ring (bicyclic) bond motifs is 1. The zero-order valence-electron chi connectivity index (χ0n) is 12.4. The molecule has 106 valence electrons. The van der Waals surface area contributed by atoms with E-state index >= 15 is 0 Å². The Morgan fingerprint density at radius 2 is 1.71 bits per heavy atom. The van der Waals surface area contributed by atoms with Crippen LogP contribution >= 0.6 is 0 Å². The predicted octanol–water partition coefficient (Wildman–Crippen LogP) is 4.28. The van der Waals surface area contributed by atoms with Crippen LogP contribution in [-0.2, 0) is 6.54 Å². The molecule has 0 aliphatic heterocycles. The number of ether oxygens (including phenoxy) is 1. The van der Waals surface area contributed by atoms with Gasteiger partial charge in [-0.1, -0.05) is 42.5 Å². The van der Waals surface area contributed by atoms with Gasteiger partial charge in [-0.05, 0) is 46.5 Å². The number of benzene rings is 3. The van der Waals surface area contributed by atoms with Crippen molar-refractivity contribution in [2.24, 2.45) is 5.73 Å². The highest BCUT2D eigenvalue weighted by molar-refractivity contribution is 5.98. The summed E-state index contributed by atoms with van der Waals surface area (Å²) in [6, 6.07) is 19.1. The molecule has 0 aliphatic rings. The van der Waals surface area contributed by atoms with Gasteiger partial charge in [0.05, 0.1) is 7.11 Å². The van der Waals surface area contributed by atoms with Gasteiger partial charge in [-0.15, -0.1) is 0 Å². The van der Waals surface area contributed by atoms with Crippen LogP contribution in [-0.4, -0.2) is 7.11 Å². The number of methoxy groups -OCH3 is 1. The van der Waals surface area contributed by atoms with Crippen LogP contribution < -0.4 is 10.5 Å². The molecule has 0 unspecified atom stereocenters. The van der Waals surface area contributed by atoms with Crippen LogP contribution in [0.4, 0.5) is 0 Å². The molecule has 0 atom stereocenters. The van der Waals surface area contributed by atoms with Gasteiger partial charge in [-0.25, -0.2) is 0 Å². The third-order valence-corrected chi connectivity index (χ3v) is 3.95. The van der Waals surface area contributed by atoms with Crippen molar-refractivity contribution in [3.8, 4) is 16.9 Å². The van der Waals surface area contributed by atoms with Crippen LogP contribution in [0.15, 0.2) is 54.6 Å². The monoisotopic (exact) mass is 277 g/mol. The molecule has 0 amide bonds. The molecule has 0 bridgehead atoms. The lowest BCUT2D eigenvalue weighted by Crippen LogP contribution is -2.00. The first-order valence-electron chi connectivity index (χ1n) is 7.10. The van der Waals surface area contributed by atoms with Gasteiger partial charge in [0.2, 0.25) is 0 Å². The predicted molar refractivity (Wildman–Crippen MR) is 88.6 cm³/mol. The molecule has 21 heavy (non-hydrogen) atoms. The summed E-state index contributed by atoms with van der Waals surface area (Å²) in [6.07, 6.45) is 0. The number of hydrogen-bond donors (Lipinski definition) is 1. The summed E-state index contributed by atoms with van der Waals surface area (Å²) in [6.45, 7) is 2.62. The lowest BCUT2D eigenvalue weighted by Gasteiger charge is -2.12. The maximum atomic E-state index is 5.83. The largest absolute Gasteiger partial charge is 0.496 e. The second kappa shape index (κ2) is 5.58. The summed E-state index contributed by atoms with van der Waals surface area (Å²) >= 11 is 0. The van der Waals surface area contributed by atoms with E-state index in [-0.39, 0.29) is 0 Å². The fourth-order valence-corrected chi connectivity index (χ4v) is 2.81. The van der Waals surface area contributed by atoms with Gasteiger partial charge in [0, 0.05) is 12.1 Å². The molecule has 0 heterocycles. The quantitative estimate of drug-likeness (QED) is 0.775. The molecule has 0 radical (unpaired) electrons. The van der Waals surface area contributed by atoms with Crippen LogP contribution in [0.5, 0.6) is 5.75 Å². The fraction of sp³-hybridized carbons (Fsp3) is 0.158. The van der Waals surface area contributed by atoms with Gasteiger partial charge >= 0.3 is 0 Å². The van der Waals surface area contributed by atoms with Crippen molar-refractivity contribution >= 4 is 10.8 Å². The van der Waals surface area contributed by atoms with E-state index in [0.29, 0.717) is 6.54 Å². The molecule has 2 N–H and O–H groups in total. The average molecular weight is 277 g/mol. The van der Waals surface area contributed by atoms with Crippen molar-refractivity contribution in [2.45, 2.75) is 13.5 Å². The van der Waals surface area contributed by atoms with Crippen LogP contribution in [0.1, 0.15) is 11.1 Å². The normalized spacial score (nSPS) is 10.8. The third kappa shape index (κ3) is 2.39. The molecular formula is C19H19NO. The fourth-order valence-electron chi connectivity index (χ4n) is 2.81. The Bertz CT molecular complexity index is 793.